The van der Waals surface area contributed by atoms with Crippen LogP contribution in [0.1, 0.15) is 40.1 Å². The number of rotatable bonds is 5. The first-order valence-electron chi connectivity index (χ1n) is 8.68. The molecule has 0 aliphatic carbocycles. The van der Waals surface area contributed by atoms with Crippen LogP contribution in [0.3, 0.4) is 0 Å². The summed E-state index contributed by atoms with van der Waals surface area (Å²) in [5, 5.41) is 2.61. The van der Waals surface area contributed by atoms with Crippen molar-refractivity contribution >= 4 is 27.5 Å². The van der Waals surface area contributed by atoms with Crippen LogP contribution in [0, 0.1) is 5.92 Å². The second-order valence-corrected chi connectivity index (χ2v) is 8.70. The summed E-state index contributed by atoms with van der Waals surface area (Å²) in [5.74, 6) is -1.46. The van der Waals surface area contributed by atoms with Gasteiger partial charge in [-0.3, -0.25) is 9.59 Å². The van der Waals surface area contributed by atoms with Gasteiger partial charge in [-0.05, 0) is 36.2 Å². The molecule has 1 amide bonds. The number of sulfone groups is 1. The molecule has 1 N–H and O–H groups in total. The Labute approximate surface area is 162 Å². The van der Waals surface area contributed by atoms with Gasteiger partial charge in [0.25, 0.3) is 5.91 Å². The van der Waals surface area contributed by atoms with Crippen molar-refractivity contribution in [2.24, 2.45) is 5.92 Å². The molecule has 1 aliphatic rings. The largest absolute Gasteiger partial charge is 0.452 e. The smallest absolute Gasteiger partial charge is 0.338 e. The van der Waals surface area contributed by atoms with Gasteiger partial charge in [0.2, 0.25) is 9.84 Å². The first kappa shape index (κ1) is 19.8. The first-order valence-corrected chi connectivity index (χ1v) is 10.2. The van der Waals surface area contributed by atoms with Gasteiger partial charge >= 0.3 is 5.97 Å². The number of nitrogens with one attached hydrogen (secondary N) is 1. The van der Waals surface area contributed by atoms with Gasteiger partial charge in [-0.25, -0.2) is 13.2 Å². The fourth-order valence-corrected chi connectivity index (χ4v) is 4.47. The molecule has 0 aromatic heterocycles. The van der Waals surface area contributed by atoms with E-state index in [2.05, 4.69) is 5.32 Å². The van der Waals surface area contributed by atoms with Crippen LogP contribution in [0.2, 0.25) is 0 Å². The Morgan fingerprint density at radius 1 is 1.04 bits per heavy atom. The fraction of sp³-hybridized carbons (Fsp3) is 0.250. The van der Waals surface area contributed by atoms with Gasteiger partial charge < -0.3 is 10.1 Å². The number of hydrogen-bond acceptors (Lipinski definition) is 6. The molecule has 3 rings (SSSR count). The molecular weight excluding hydrogens is 382 g/mol. The predicted molar refractivity (Wildman–Crippen MR) is 99.9 cm³/mol. The van der Waals surface area contributed by atoms with E-state index in [1.54, 1.807) is 6.07 Å². The molecule has 2 aromatic carbocycles. The van der Waals surface area contributed by atoms with Crippen molar-refractivity contribution in [1.29, 1.82) is 0 Å². The van der Waals surface area contributed by atoms with Crippen LogP contribution in [0.25, 0.3) is 0 Å². The summed E-state index contributed by atoms with van der Waals surface area (Å²) in [7, 11) is -3.95. The van der Waals surface area contributed by atoms with E-state index < -0.39 is 34.1 Å². The van der Waals surface area contributed by atoms with E-state index in [0.717, 1.165) is 6.07 Å². The van der Waals surface area contributed by atoms with Crippen molar-refractivity contribution in [3.63, 3.8) is 0 Å². The highest BCUT2D eigenvalue weighted by Gasteiger charge is 2.35. The molecule has 146 valence electrons. The first-order chi connectivity index (χ1) is 13.2. The minimum Gasteiger partial charge on any atom is -0.452 e. The monoisotopic (exact) mass is 401 g/mol. The molecule has 0 saturated heterocycles. The van der Waals surface area contributed by atoms with Crippen molar-refractivity contribution in [3.8, 4) is 0 Å². The quantitative estimate of drug-likeness (QED) is 0.656. The van der Waals surface area contributed by atoms with E-state index in [-0.39, 0.29) is 32.4 Å². The van der Waals surface area contributed by atoms with Crippen molar-refractivity contribution in [3.05, 3.63) is 59.2 Å². The van der Waals surface area contributed by atoms with Gasteiger partial charge in [0.1, 0.15) is 0 Å². The highest BCUT2D eigenvalue weighted by molar-refractivity contribution is 7.91. The maximum absolute atomic E-state index is 12.9. The molecule has 8 heteroatoms. The maximum Gasteiger partial charge on any atom is 0.338 e. The zero-order chi connectivity index (χ0) is 20.5. The van der Waals surface area contributed by atoms with Crippen LogP contribution in [-0.2, 0) is 19.4 Å². The Balaban J connectivity index is 1.84. The lowest BCUT2D eigenvalue weighted by atomic mass is 10.0. The number of ketones is 1. The maximum atomic E-state index is 12.9. The number of ether oxygens (including phenoxy) is 1. The molecule has 2 aromatic rings. The molecule has 0 fully saturated rings. The summed E-state index contributed by atoms with van der Waals surface area (Å²) in [6.45, 7) is 3.84. The minimum absolute atomic E-state index is 0.00456. The van der Waals surface area contributed by atoms with Crippen LogP contribution in [0.4, 0.5) is 0 Å². The van der Waals surface area contributed by atoms with Crippen molar-refractivity contribution in [2.45, 2.75) is 23.6 Å². The SMILES string of the molecule is CC(C)CNC(=O)COC(=O)c1ccc2c(c1)S(=O)(=O)c1ccccc1C2=O. The lowest BCUT2D eigenvalue weighted by molar-refractivity contribution is -0.124. The second kappa shape index (κ2) is 7.55. The Bertz CT molecular complexity index is 1070. The van der Waals surface area contributed by atoms with E-state index in [9.17, 15) is 22.8 Å². The van der Waals surface area contributed by atoms with Crippen LogP contribution in [-0.4, -0.2) is 39.2 Å². The summed E-state index contributed by atoms with van der Waals surface area (Å²) in [6.07, 6.45) is 0. The van der Waals surface area contributed by atoms with E-state index in [4.69, 9.17) is 4.74 Å². The van der Waals surface area contributed by atoms with E-state index >= 15 is 0 Å². The molecule has 0 unspecified atom stereocenters. The topological polar surface area (TPSA) is 107 Å². The average Bonchev–Trinajstić information content (AvgIpc) is 2.68. The third-order valence-corrected chi connectivity index (χ3v) is 6.07. The van der Waals surface area contributed by atoms with Crippen LogP contribution < -0.4 is 5.32 Å². The predicted octanol–water partition coefficient (Wildman–Crippen LogP) is 1.99. The molecule has 0 spiro atoms. The van der Waals surface area contributed by atoms with Crippen LogP contribution in [0.5, 0.6) is 0 Å². The van der Waals surface area contributed by atoms with Crippen molar-refractivity contribution in [2.75, 3.05) is 13.2 Å². The zero-order valence-corrected chi connectivity index (χ0v) is 16.2. The summed E-state index contributed by atoms with van der Waals surface area (Å²) in [6, 6.07) is 9.66. The van der Waals surface area contributed by atoms with Gasteiger partial charge in [-0.15, -0.1) is 0 Å². The van der Waals surface area contributed by atoms with E-state index in [1.165, 1.54) is 30.3 Å². The third kappa shape index (κ3) is 3.68. The molecule has 0 atom stereocenters. The lowest BCUT2D eigenvalue weighted by Gasteiger charge is -2.19. The van der Waals surface area contributed by atoms with Gasteiger partial charge in [0, 0.05) is 17.7 Å². The molecule has 0 bridgehead atoms. The molecule has 7 nitrogen and oxygen atoms in total. The van der Waals surface area contributed by atoms with Crippen molar-refractivity contribution < 1.29 is 27.5 Å². The Kier molecular flexibility index (Phi) is 5.33. The van der Waals surface area contributed by atoms with Crippen LogP contribution >= 0.6 is 0 Å². The molecule has 0 saturated carbocycles. The highest BCUT2D eigenvalue weighted by atomic mass is 32.2. The zero-order valence-electron chi connectivity index (χ0n) is 15.4. The Hall–Kier alpha value is -3.00. The number of carbonyl (C=O) groups is 3. The number of hydrogen-bond donors (Lipinski definition) is 1. The number of esters is 1. The standard InChI is InChI=1S/C20H19NO6S/c1-12(2)10-21-18(22)11-27-20(24)13-7-8-15-17(9-13)28(25,26)16-6-4-3-5-14(16)19(15)23/h3-9,12H,10-11H2,1-2H3,(H,21,22). The molecule has 1 heterocycles. The number of fused-ring (bicyclic) bond motifs is 2. The number of benzene rings is 2. The lowest BCUT2D eigenvalue weighted by Crippen LogP contribution is -2.31. The van der Waals surface area contributed by atoms with Gasteiger partial charge in [-0.2, -0.15) is 0 Å². The van der Waals surface area contributed by atoms with Gasteiger partial charge in [0.05, 0.1) is 15.4 Å². The summed E-state index contributed by atoms with van der Waals surface area (Å²) >= 11 is 0. The number of carbonyl (C=O) groups excluding carboxylic acids is 3. The molecular formula is C20H19NO6S. The molecule has 28 heavy (non-hydrogen) atoms. The van der Waals surface area contributed by atoms with E-state index in [0.29, 0.717) is 6.54 Å². The van der Waals surface area contributed by atoms with Crippen LogP contribution in [0.15, 0.2) is 52.3 Å². The number of amides is 1. The van der Waals surface area contributed by atoms with E-state index in [1.807, 2.05) is 13.8 Å². The van der Waals surface area contributed by atoms with Gasteiger partial charge in [-0.1, -0.05) is 26.0 Å². The molecule has 0 radical (unpaired) electrons. The molecule has 1 aliphatic heterocycles. The second-order valence-electron chi connectivity index (χ2n) is 6.81. The summed E-state index contributed by atoms with van der Waals surface area (Å²) in [4.78, 5) is 36.2. The minimum atomic E-state index is -3.95. The average molecular weight is 401 g/mol. The summed E-state index contributed by atoms with van der Waals surface area (Å²) in [5.41, 5.74) is 0.0586. The summed E-state index contributed by atoms with van der Waals surface area (Å²) < 4.78 is 30.7. The Morgan fingerprint density at radius 3 is 2.43 bits per heavy atom. The third-order valence-electron chi connectivity index (χ3n) is 4.21. The van der Waals surface area contributed by atoms with Gasteiger partial charge in [0.15, 0.2) is 12.4 Å². The van der Waals surface area contributed by atoms with Crippen molar-refractivity contribution in [1.82, 2.24) is 5.32 Å². The normalized spacial score (nSPS) is 14.2. The highest BCUT2D eigenvalue weighted by Crippen LogP contribution is 2.34. The fourth-order valence-electron chi connectivity index (χ4n) is 2.79. The Morgan fingerprint density at radius 2 is 1.71 bits per heavy atom.